The third-order valence-electron chi connectivity index (χ3n) is 2.16. The molecule has 0 fully saturated rings. The van der Waals surface area contributed by atoms with E-state index in [1.165, 1.54) is 0 Å². The lowest BCUT2D eigenvalue weighted by Crippen LogP contribution is -3.00. The Hall–Kier alpha value is -1.72. The van der Waals surface area contributed by atoms with Gasteiger partial charge in [0.25, 0.3) is 5.82 Å². The predicted molar refractivity (Wildman–Crippen MR) is 58.2 cm³/mol. The Labute approximate surface area is 111 Å². The molecule has 0 saturated carbocycles. The van der Waals surface area contributed by atoms with E-state index in [1.807, 2.05) is 30.3 Å². The van der Waals surface area contributed by atoms with Gasteiger partial charge >= 0.3 is 11.6 Å². The highest BCUT2D eigenvalue weighted by atomic mass is 35.5. The molecule has 8 N–H and O–H groups in total. The molecular formula is C10H13Cl2N5. The van der Waals surface area contributed by atoms with Gasteiger partial charge in [-0.25, -0.2) is 0 Å². The van der Waals surface area contributed by atoms with Gasteiger partial charge in [-0.05, 0) is 12.1 Å². The van der Waals surface area contributed by atoms with E-state index in [0.717, 1.165) is 11.4 Å². The quantitative estimate of drug-likeness (QED) is 0.481. The first kappa shape index (κ1) is 15.3. The molecule has 5 nitrogen and oxygen atoms in total. The second-order valence-electron chi connectivity index (χ2n) is 3.23. The lowest BCUT2D eigenvalue weighted by atomic mass is 10.2. The summed E-state index contributed by atoms with van der Waals surface area (Å²) in [4.78, 5) is 5.90. The predicted octanol–water partition coefficient (Wildman–Crippen LogP) is -6.26. The van der Waals surface area contributed by atoms with Gasteiger partial charge in [0.15, 0.2) is 0 Å². The molecule has 0 bridgehead atoms. The molecule has 0 aliphatic carbocycles. The van der Waals surface area contributed by atoms with Crippen LogP contribution in [0.2, 0.25) is 0 Å². The number of benzene rings is 1. The first-order valence-corrected chi connectivity index (χ1v) is 4.53. The van der Waals surface area contributed by atoms with Crippen LogP contribution in [0.3, 0.4) is 0 Å². The number of aromatic amines is 2. The molecule has 1 aromatic carbocycles. The number of nitrogens with two attached hydrogens (primary N) is 3. The van der Waals surface area contributed by atoms with Crippen molar-refractivity contribution in [2.45, 2.75) is 0 Å². The molecular weight excluding hydrogens is 261 g/mol. The minimum Gasteiger partial charge on any atom is -1.00 e. The maximum absolute atomic E-state index is 5.68. The van der Waals surface area contributed by atoms with Crippen LogP contribution in [-0.4, -0.2) is 0 Å². The second-order valence-corrected chi connectivity index (χ2v) is 3.23. The normalized spacial score (nSPS) is 8.94. The lowest BCUT2D eigenvalue weighted by Gasteiger charge is -1.97. The fourth-order valence-electron chi connectivity index (χ4n) is 1.33. The lowest BCUT2D eigenvalue weighted by molar-refractivity contribution is -0.490. The highest BCUT2D eigenvalue weighted by Crippen LogP contribution is 2.15. The van der Waals surface area contributed by atoms with Crippen molar-refractivity contribution in [3.8, 4) is 11.4 Å². The van der Waals surface area contributed by atoms with E-state index in [0.29, 0.717) is 17.3 Å². The summed E-state index contributed by atoms with van der Waals surface area (Å²) >= 11 is 0. The van der Waals surface area contributed by atoms with Gasteiger partial charge in [0.05, 0.1) is 5.56 Å². The van der Waals surface area contributed by atoms with E-state index in [2.05, 4.69) is 9.97 Å². The smallest absolute Gasteiger partial charge is 0.359 e. The van der Waals surface area contributed by atoms with Crippen molar-refractivity contribution < 1.29 is 34.8 Å². The second kappa shape index (κ2) is 6.12. The molecule has 17 heavy (non-hydrogen) atoms. The van der Waals surface area contributed by atoms with Crippen LogP contribution in [0, 0.1) is 0 Å². The maximum Gasteiger partial charge on any atom is 0.359 e. The Balaban J connectivity index is 0.00000128. The summed E-state index contributed by atoms with van der Waals surface area (Å²) in [6.07, 6.45) is 0. The number of anilines is 3. The van der Waals surface area contributed by atoms with Gasteiger partial charge in [-0.1, -0.05) is 18.2 Å². The molecule has 1 heterocycles. The minimum atomic E-state index is 0. The van der Waals surface area contributed by atoms with Crippen molar-refractivity contribution >= 4 is 17.3 Å². The van der Waals surface area contributed by atoms with E-state index in [9.17, 15) is 0 Å². The highest BCUT2D eigenvalue weighted by molar-refractivity contribution is 5.67. The summed E-state index contributed by atoms with van der Waals surface area (Å²) in [6.45, 7) is 0. The van der Waals surface area contributed by atoms with Gasteiger partial charge in [0, 0.05) is 0 Å². The molecule has 7 heteroatoms. The Kier molecular flexibility index (Phi) is 5.50. The number of aromatic nitrogens is 2. The molecule has 1 aromatic heterocycles. The highest BCUT2D eigenvalue weighted by Gasteiger charge is 2.18. The standard InChI is InChI=1S/C10H11N5.2ClH/c11-7-8(12)14-10(15-9(7)13)6-4-2-1-3-5-6;;/h1-5H,11H2,(H4,12,13,14,15);2*1H. The topological polar surface area (TPSA) is 106 Å². The maximum atomic E-state index is 5.68. The van der Waals surface area contributed by atoms with E-state index in [4.69, 9.17) is 17.2 Å². The molecule has 0 aliphatic heterocycles. The third-order valence-corrected chi connectivity index (χ3v) is 2.16. The first-order chi connectivity index (χ1) is 7.18. The molecule has 2 aromatic rings. The summed E-state index contributed by atoms with van der Waals surface area (Å²) in [6, 6.07) is 9.68. The van der Waals surface area contributed by atoms with Crippen molar-refractivity contribution in [3.63, 3.8) is 0 Å². The van der Waals surface area contributed by atoms with Crippen LogP contribution >= 0.6 is 0 Å². The Morgan fingerprint density at radius 3 is 1.71 bits per heavy atom. The Morgan fingerprint density at radius 2 is 1.24 bits per heavy atom. The van der Waals surface area contributed by atoms with E-state index in [-0.39, 0.29) is 24.8 Å². The third kappa shape index (κ3) is 3.12. The van der Waals surface area contributed by atoms with Crippen LogP contribution < -0.4 is 52.0 Å². The average Bonchev–Trinajstić information content (AvgIpc) is 2.26. The summed E-state index contributed by atoms with van der Waals surface area (Å²) in [5, 5.41) is 0. The van der Waals surface area contributed by atoms with Crippen molar-refractivity contribution in [2.24, 2.45) is 0 Å². The number of hydrogen-bond donors (Lipinski definition) is 3. The molecule has 0 aliphatic rings. The average molecular weight is 274 g/mol. The zero-order valence-electron chi connectivity index (χ0n) is 8.87. The van der Waals surface area contributed by atoms with Crippen LogP contribution in [0.1, 0.15) is 0 Å². The largest absolute Gasteiger partial charge is 1.00 e. The molecule has 0 spiro atoms. The molecule has 0 amide bonds. The number of halogens is 2. The Morgan fingerprint density at radius 1 is 0.765 bits per heavy atom. The summed E-state index contributed by atoms with van der Waals surface area (Å²) < 4.78 is 0. The summed E-state index contributed by atoms with van der Waals surface area (Å²) in [5.41, 5.74) is 18.3. The van der Waals surface area contributed by atoms with Gasteiger partial charge < -0.3 is 36.3 Å². The number of H-pyrrole nitrogens is 2. The van der Waals surface area contributed by atoms with Gasteiger partial charge in [-0.15, -0.1) is 0 Å². The summed E-state index contributed by atoms with van der Waals surface area (Å²) in [7, 11) is 0. The zero-order valence-corrected chi connectivity index (χ0v) is 10.4. The molecule has 92 valence electrons. The molecule has 0 radical (unpaired) electrons. The van der Waals surface area contributed by atoms with Gasteiger partial charge in [0.2, 0.25) is 5.69 Å². The number of hydrogen-bond acceptors (Lipinski definition) is 3. The first-order valence-electron chi connectivity index (χ1n) is 4.53. The monoisotopic (exact) mass is 273 g/mol. The van der Waals surface area contributed by atoms with Gasteiger partial charge in [-0.2, -0.15) is 9.97 Å². The molecule has 0 saturated heterocycles. The van der Waals surface area contributed by atoms with Gasteiger partial charge in [0.1, 0.15) is 0 Å². The molecule has 0 unspecified atom stereocenters. The van der Waals surface area contributed by atoms with Crippen LogP contribution in [0.4, 0.5) is 17.3 Å². The van der Waals surface area contributed by atoms with Crippen LogP contribution in [0.15, 0.2) is 30.3 Å². The fraction of sp³-hybridized carbons (Fsp3) is 0. The number of nitrogen functional groups attached to an aromatic ring is 3. The van der Waals surface area contributed by atoms with E-state index >= 15 is 0 Å². The summed E-state index contributed by atoms with van der Waals surface area (Å²) in [5.74, 6) is 1.47. The number of rotatable bonds is 1. The van der Waals surface area contributed by atoms with E-state index in [1.54, 1.807) is 0 Å². The fourth-order valence-corrected chi connectivity index (χ4v) is 1.33. The van der Waals surface area contributed by atoms with Crippen LogP contribution in [0.25, 0.3) is 11.4 Å². The van der Waals surface area contributed by atoms with E-state index < -0.39 is 0 Å². The molecule has 0 atom stereocenters. The number of nitrogens with one attached hydrogen (secondary N) is 2. The Bertz CT molecular complexity index is 466. The zero-order chi connectivity index (χ0) is 10.8. The van der Waals surface area contributed by atoms with Crippen molar-refractivity contribution in [2.75, 3.05) is 17.2 Å². The van der Waals surface area contributed by atoms with Crippen LogP contribution in [0.5, 0.6) is 0 Å². The van der Waals surface area contributed by atoms with Crippen molar-refractivity contribution in [1.82, 2.24) is 0 Å². The molecule has 2 rings (SSSR count). The van der Waals surface area contributed by atoms with Crippen molar-refractivity contribution in [1.29, 1.82) is 0 Å². The SMILES string of the molecule is Nc1[nH+]c(-c2ccccc2)[nH+]c(N)c1N.[Cl-].[Cl-]. The van der Waals surface area contributed by atoms with Gasteiger partial charge in [-0.3, -0.25) is 5.73 Å². The van der Waals surface area contributed by atoms with Crippen LogP contribution in [-0.2, 0) is 0 Å². The van der Waals surface area contributed by atoms with Crippen molar-refractivity contribution in [3.05, 3.63) is 30.3 Å². The minimum absolute atomic E-state index is 0.